The maximum atomic E-state index is 12.3. The van der Waals surface area contributed by atoms with Crippen LogP contribution in [0.5, 0.6) is 0 Å². The molecule has 2 aromatic carbocycles. The first-order valence-corrected chi connectivity index (χ1v) is 10.3. The molecule has 6 heteroatoms. The molecule has 0 fully saturated rings. The van der Waals surface area contributed by atoms with Gasteiger partial charge in [-0.05, 0) is 31.5 Å². The number of rotatable bonds is 4. The minimum absolute atomic E-state index is 0.321. The van der Waals surface area contributed by atoms with E-state index in [1.807, 2.05) is 36.5 Å². The number of sulfone groups is 1. The topological polar surface area (TPSA) is 75.7 Å². The smallest absolute Gasteiger partial charge is 0.180 e. The molecule has 0 saturated carbocycles. The average molecular weight is 377 g/mol. The van der Waals surface area contributed by atoms with Crippen LogP contribution < -0.4 is 0 Å². The zero-order valence-electron chi connectivity index (χ0n) is 15.0. The van der Waals surface area contributed by atoms with E-state index in [2.05, 4.69) is 9.97 Å². The summed E-state index contributed by atoms with van der Waals surface area (Å²) < 4.78 is 24.6. The van der Waals surface area contributed by atoms with E-state index < -0.39 is 15.1 Å². The van der Waals surface area contributed by atoms with E-state index >= 15 is 0 Å². The van der Waals surface area contributed by atoms with E-state index in [4.69, 9.17) is 4.98 Å². The summed E-state index contributed by atoms with van der Waals surface area (Å²) in [7, 11) is -3.29. The second kappa shape index (κ2) is 6.63. The van der Waals surface area contributed by atoms with Crippen LogP contribution in [-0.2, 0) is 9.84 Å². The second-order valence-corrected chi connectivity index (χ2v) is 9.14. The molecule has 0 aliphatic heterocycles. The number of nitrogens with one attached hydrogen (secondary N) is 1. The molecule has 0 radical (unpaired) electrons. The minimum Gasteiger partial charge on any atom is -0.344 e. The number of H-pyrrole nitrogens is 1. The van der Waals surface area contributed by atoms with Gasteiger partial charge in [0.2, 0.25) is 0 Å². The molecule has 2 aromatic heterocycles. The Hall–Kier alpha value is -2.99. The van der Waals surface area contributed by atoms with Crippen LogP contribution in [0.4, 0.5) is 0 Å². The molecule has 4 rings (SSSR count). The summed E-state index contributed by atoms with van der Waals surface area (Å²) in [4.78, 5) is 12.7. The van der Waals surface area contributed by atoms with E-state index in [0.29, 0.717) is 10.6 Å². The lowest BCUT2D eigenvalue weighted by Gasteiger charge is -2.08. The first-order chi connectivity index (χ1) is 13.0. The summed E-state index contributed by atoms with van der Waals surface area (Å²) in [6.07, 6.45) is 3.60. The standard InChI is InChI=1S/C21H19N3O2S/c1-14(2)27(25,26)17-10-8-16(9-11-17)19-13-23-21-20(24-19)18(12-22-21)15-6-4-3-5-7-15/h3-14H,1-2H3,(H,22,23). The van der Waals surface area contributed by atoms with Crippen LogP contribution in [0.2, 0.25) is 0 Å². The molecule has 1 N–H and O–H groups in total. The maximum absolute atomic E-state index is 12.3. The third-order valence-electron chi connectivity index (χ3n) is 4.56. The third-order valence-corrected chi connectivity index (χ3v) is 6.74. The highest BCUT2D eigenvalue weighted by Crippen LogP contribution is 2.28. The zero-order chi connectivity index (χ0) is 19.0. The lowest BCUT2D eigenvalue weighted by molar-refractivity contribution is 0.587. The van der Waals surface area contributed by atoms with Crippen LogP contribution in [0.25, 0.3) is 33.5 Å². The van der Waals surface area contributed by atoms with Gasteiger partial charge in [0, 0.05) is 17.3 Å². The fourth-order valence-electron chi connectivity index (χ4n) is 2.96. The molecule has 4 aromatic rings. The summed E-state index contributed by atoms with van der Waals surface area (Å²) in [5.74, 6) is 0. The van der Waals surface area contributed by atoms with Crippen LogP contribution >= 0.6 is 0 Å². The van der Waals surface area contributed by atoms with Crippen molar-refractivity contribution >= 4 is 21.0 Å². The van der Waals surface area contributed by atoms with E-state index in [1.165, 1.54) is 0 Å². The third kappa shape index (κ3) is 3.13. The molecular formula is C21H19N3O2S. The van der Waals surface area contributed by atoms with Gasteiger partial charge in [0.15, 0.2) is 15.5 Å². The molecule has 0 saturated heterocycles. The number of fused-ring (bicyclic) bond motifs is 1. The van der Waals surface area contributed by atoms with E-state index in [1.54, 1.807) is 44.3 Å². The van der Waals surface area contributed by atoms with Crippen LogP contribution in [-0.4, -0.2) is 28.6 Å². The monoisotopic (exact) mass is 377 g/mol. The fraction of sp³-hybridized carbons (Fsp3) is 0.143. The largest absolute Gasteiger partial charge is 0.344 e. The number of benzene rings is 2. The molecule has 0 amide bonds. The molecule has 0 aliphatic carbocycles. The normalized spacial score (nSPS) is 12.0. The zero-order valence-corrected chi connectivity index (χ0v) is 15.9. The van der Waals surface area contributed by atoms with E-state index in [9.17, 15) is 8.42 Å². The van der Waals surface area contributed by atoms with Crippen LogP contribution in [0.3, 0.4) is 0 Å². The van der Waals surface area contributed by atoms with E-state index in [0.717, 1.165) is 27.9 Å². The minimum atomic E-state index is -3.29. The first-order valence-electron chi connectivity index (χ1n) is 8.70. The molecule has 0 atom stereocenters. The SMILES string of the molecule is CC(C)S(=O)(=O)c1ccc(-c2cnc3[nH]cc(-c4ccccc4)c3n2)cc1. The van der Waals surface area contributed by atoms with Crippen molar-refractivity contribution in [3.8, 4) is 22.4 Å². The molecule has 0 spiro atoms. The molecule has 0 unspecified atom stereocenters. The Labute approximate surface area is 158 Å². The quantitative estimate of drug-likeness (QED) is 0.569. The molecule has 0 bridgehead atoms. The lowest BCUT2D eigenvalue weighted by atomic mass is 10.1. The van der Waals surface area contributed by atoms with Gasteiger partial charge in [-0.3, -0.25) is 0 Å². The van der Waals surface area contributed by atoms with Crippen molar-refractivity contribution in [3.63, 3.8) is 0 Å². The number of aromatic nitrogens is 3. The summed E-state index contributed by atoms with van der Waals surface area (Å²) in [5, 5.41) is -0.451. The molecule has 0 aliphatic rings. The number of hydrogen-bond acceptors (Lipinski definition) is 4. The number of hydrogen-bond donors (Lipinski definition) is 1. The van der Waals surface area contributed by atoms with Gasteiger partial charge in [0.05, 0.1) is 22.0 Å². The van der Waals surface area contributed by atoms with Gasteiger partial charge >= 0.3 is 0 Å². The van der Waals surface area contributed by atoms with Gasteiger partial charge < -0.3 is 4.98 Å². The van der Waals surface area contributed by atoms with Gasteiger partial charge in [0.25, 0.3) is 0 Å². The highest BCUT2D eigenvalue weighted by atomic mass is 32.2. The Morgan fingerprint density at radius 2 is 1.63 bits per heavy atom. The van der Waals surface area contributed by atoms with E-state index in [-0.39, 0.29) is 0 Å². The predicted octanol–water partition coefficient (Wildman–Crippen LogP) is 4.47. The number of aromatic amines is 1. The van der Waals surface area contributed by atoms with Gasteiger partial charge in [0.1, 0.15) is 5.52 Å². The van der Waals surface area contributed by atoms with Crippen molar-refractivity contribution in [1.82, 2.24) is 15.0 Å². The number of nitrogens with zero attached hydrogens (tertiary/aromatic N) is 2. The van der Waals surface area contributed by atoms with Crippen molar-refractivity contribution in [2.75, 3.05) is 0 Å². The maximum Gasteiger partial charge on any atom is 0.180 e. The second-order valence-electron chi connectivity index (χ2n) is 6.64. The first kappa shape index (κ1) is 17.4. The Morgan fingerprint density at radius 3 is 2.30 bits per heavy atom. The summed E-state index contributed by atoms with van der Waals surface area (Å²) in [5.41, 5.74) is 5.09. The van der Waals surface area contributed by atoms with Crippen molar-refractivity contribution < 1.29 is 8.42 Å². The molecule has 2 heterocycles. The van der Waals surface area contributed by atoms with Crippen LogP contribution in [0.1, 0.15) is 13.8 Å². The molecule has 136 valence electrons. The Bertz CT molecular complexity index is 1200. The average Bonchev–Trinajstić information content (AvgIpc) is 3.12. The van der Waals surface area contributed by atoms with Gasteiger partial charge in [-0.1, -0.05) is 42.5 Å². The van der Waals surface area contributed by atoms with Crippen molar-refractivity contribution in [2.45, 2.75) is 24.0 Å². The Morgan fingerprint density at radius 1 is 0.926 bits per heavy atom. The van der Waals surface area contributed by atoms with Gasteiger partial charge in [-0.15, -0.1) is 0 Å². The fourth-order valence-corrected chi connectivity index (χ4v) is 4.02. The summed E-state index contributed by atoms with van der Waals surface area (Å²) in [6.45, 7) is 3.36. The summed E-state index contributed by atoms with van der Waals surface area (Å²) in [6, 6.07) is 16.8. The highest BCUT2D eigenvalue weighted by Gasteiger charge is 2.19. The van der Waals surface area contributed by atoms with Crippen molar-refractivity contribution in [1.29, 1.82) is 0 Å². The molecular weight excluding hydrogens is 358 g/mol. The highest BCUT2D eigenvalue weighted by molar-refractivity contribution is 7.92. The van der Waals surface area contributed by atoms with Crippen LogP contribution in [0, 0.1) is 0 Å². The van der Waals surface area contributed by atoms with Crippen molar-refractivity contribution in [2.24, 2.45) is 0 Å². The Balaban J connectivity index is 1.77. The van der Waals surface area contributed by atoms with Crippen LogP contribution in [0.15, 0.2) is 71.9 Å². The van der Waals surface area contributed by atoms with Crippen molar-refractivity contribution in [3.05, 3.63) is 67.0 Å². The molecule has 27 heavy (non-hydrogen) atoms. The van der Waals surface area contributed by atoms with Gasteiger partial charge in [-0.2, -0.15) is 0 Å². The summed E-state index contributed by atoms with van der Waals surface area (Å²) >= 11 is 0. The molecule has 5 nitrogen and oxygen atoms in total. The lowest BCUT2D eigenvalue weighted by Crippen LogP contribution is -2.13. The predicted molar refractivity (Wildman–Crippen MR) is 107 cm³/mol. The van der Waals surface area contributed by atoms with Gasteiger partial charge in [-0.25, -0.2) is 18.4 Å². The Kier molecular flexibility index (Phi) is 4.28.